The maximum Gasteiger partial charge on any atom is 0.235 e. The van der Waals surface area contributed by atoms with Crippen LogP contribution >= 0.6 is 0 Å². The maximum absolute atomic E-state index is 11.8. The molecule has 0 bridgehead atoms. The number of piperidine rings is 1. The monoisotopic (exact) mass is 256 g/mol. The van der Waals surface area contributed by atoms with Crippen molar-refractivity contribution >= 4 is 17.3 Å². The Labute approximate surface area is 112 Å². The molecule has 2 heterocycles. The molecule has 0 N–H and O–H groups in total. The van der Waals surface area contributed by atoms with Crippen LogP contribution in [0.2, 0.25) is 0 Å². The Morgan fingerprint density at radius 2 is 2.00 bits per heavy atom. The summed E-state index contributed by atoms with van der Waals surface area (Å²) in [6.07, 6.45) is 5.35. The highest BCUT2D eigenvalue weighted by Gasteiger charge is 2.30. The maximum atomic E-state index is 11.8. The van der Waals surface area contributed by atoms with Crippen molar-refractivity contribution in [3.8, 4) is 0 Å². The van der Waals surface area contributed by atoms with Crippen LogP contribution in [0.25, 0.3) is 5.70 Å². The van der Waals surface area contributed by atoms with Crippen LogP contribution in [0.5, 0.6) is 0 Å². The first-order valence-corrected chi connectivity index (χ1v) is 6.67. The van der Waals surface area contributed by atoms with Crippen molar-refractivity contribution in [2.75, 3.05) is 13.1 Å². The first kappa shape index (κ1) is 12.1. The molecule has 19 heavy (non-hydrogen) atoms. The average molecular weight is 256 g/mol. The van der Waals surface area contributed by atoms with Gasteiger partial charge in [-0.1, -0.05) is 6.92 Å². The van der Waals surface area contributed by atoms with Crippen LogP contribution in [-0.2, 0) is 4.79 Å². The molecule has 1 aliphatic heterocycles. The standard InChI is InChI=1S/C15H16N2O2/c1-10-4-7-17(8-5-10)12-9-13(18)15(19)11-3-2-6-16-14(11)12/h2-3,6,9-10H,4-5,7-8H2,1H3. The number of fused-ring (bicyclic) bond motifs is 1. The van der Waals surface area contributed by atoms with Gasteiger partial charge in [0.25, 0.3) is 0 Å². The van der Waals surface area contributed by atoms with E-state index < -0.39 is 11.6 Å². The van der Waals surface area contributed by atoms with E-state index in [-0.39, 0.29) is 0 Å². The summed E-state index contributed by atoms with van der Waals surface area (Å²) in [5.41, 5.74) is 1.90. The van der Waals surface area contributed by atoms with Gasteiger partial charge in [0, 0.05) is 25.4 Å². The van der Waals surface area contributed by atoms with Crippen molar-refractivity contribution in [2.24, 2.45) is 5.92 Å². The molecule has 98 valence electrons. The fourth-order valence-electron chi connectivity index (χ4n) is 2.67. The summed E-state index contributed by atoms with van der Waals surface area (Å²) in [5.74, 6) is -0.160. The quantitative estimate of drug-likeness (QED) is 0.720. The predicted octanol–water partition coefficient (Wildman–Crippen LogP) is 1.92. The Bertz CT molecular complexity index is 569. The minimum absolute atomic E-state index is 0.434. The van der Waals surface area contributed by atoms with Gasteiger partial charge in [-0.15, -0.1) is 0 Å². The van der Waals surface area contributed by atoms with Crippen molar-refractivity contribution in [3.63, 3.8) is 0 Å². The minimum atomic E-state index is -0.447. The summed E-state index contributed by atoms with van der Waals surface area (Å²) < 4.78 is 0. The largest absolute Gasteiger partial charge is 0.370 e. The van der Waals surface area contributed by atoms with Gasteiger partial charge in [0.05, 0.1) is 17.0 Å². The zero-order valence-corrected chi connectivity index (χ0v) is 10.9. The van der Waals surface area contributed by atoms with E-state index in [1.165, 1.54) is 6.08 Å². The third-order valence-corrected chi connectivity index (χ3v) is 3.91. The molecule has 0 atom stereocenters. The number of aromatic nitrogens is 1. The van der Waals surface area contributed by atoms with Gasteiger partial charge in [-0.05, 0) is 30.9 Å². The third-order valence-electron chi connectivity index (χ3n) is 3.91. The van der Waals surface area contributed by atoms with E-state index >= 15 is 0 Å². The fraction of sp³-hybridized carbons (Fsp3) is 0.400. The second-order valence-electron chi connectivity index (χ2n) is 5.29. The summed E-state index contributed by atoms with van der Waals surface area (Å²) in [7, 11) is 0. The zero-order chi connectivity index (χ0) is 13.4. The van der Waals surface area contributed by atoms with Gasteiger partial charge >= 0.3 is 0 Å². The van der Waals surface area contributed by atoms with Gasteiger partial charge in [-0.2, -0.15) is 0 Å². The van der Waals surface area contributed by atoms with Gasteiger partial charge in [-0.3, -0.25) is 14.6 Å². The number of carbonyl (C=O) groups is 2. The number of rotatable bonds is 1. The summed E-state index contributed by atoms with van der Waals surface area (Å²) >= 11 is 0. The topological polar surface area (TPSA) is 50.3 Å². The van der Waals surface area contributed by atoms with Crippen LogP contribution in [0, 0.1) is 5.92 Å². The SMILES string of the molecule is CC1CCN(C2=CC(=O)C(=O)c3cccnc32)CC1. The van der Waals surface area contributed by atoms with Gasteiger partial charge in [0.15, 0.2) is 0 Å². The van der Waals surface area contributed by atoms with E-state index in [4.69, 9.17) is 0 Å². The lowest BCUT2D eigenvalue weighted by Gasteiger charge is -2.34. The molecule has 0 spiro atoms. The van der Waals surface area contributed by atoms with E-state index in [1.54, 1.807) is 18.3 Å². The summed E-state index contributed by atoms with van der Waals surface area (Å²) in [6.45, 7) is 4.09. The molecule has 0 unspecified atom stereocenters. The van der Waals surface area contributed by atoms with Crippen LogP contribution in [-0.4, -0.2) is 34.5 Å². The van der Waals surface area contributed by atoms with Gasteiger partial charge < -0.3 is 4.90 Å². The summed E-state index contributed by atoms with van der Waals surface area (Å²) in [5, 5.41) is 0. The highest BCUT2D eigenvalue weighted by Crippen LogP contribution is 2.29. The van der Waals surface area contributed by atoms with Crippen LogP contribution in [0.15, 0.2) is 24.4 Å². The normalized spacial score (nSPS) is 20.3. The second-order valence-corrected chi connectivity index (χ2v) is 5.29. The summed E-state index contributed by atoms with van der Waals surface area (Å²) in [4.78, 5) is 30.1. The molecule has 0 saturated carbocycles. The molecule has 4 nitrogen and oxygen atoms in total. The molecular weight excluding hydrogens is 240 g/mol. The lowest BCUT2D eigenvalue weighted by atomic mass is 9.93. The molecule has 1 saturated heterocycles. The second kappa shape index (κ2) is 4.61. The van der Waals surface area contributed by atoms with Gasteiger partial charge in [0.2, 0.25) is 11.6 Å². The molecular formula is C15H16N2O2. The molecule has 1 fully saturated rings. The van der Waals surface area contributed by atoms with Gasteiger partial charge in [0.1, 0.15) is 0 Å². The number of allylic oxidation sites excluding steroid dienone is 1. The zero-order valence-electron chi connectivity index (χ0n) is 10.9. The summed E-state index contributed by atoms with van der Waals surface area (Å²) in [6, 6.07) is 3.38. The van der Waals surface area contributed by atoms with Crippen molar-refractivity contribution in [3.05, 3.63) is 35.7 Å². The van der Waals surface area contributed by atoms with E-state index in [2.05, 4.69) is 16.8 Å². The third kappa shape index (κ3) is 2.07. The lowest BCUT2D eigenvalue weighted by Crippen LogP contribution is -2.35. The number of ketones is 2. The van der Waals surface area contributed by atoms with Crippen LogP contribution in [0.4, 0.5) is 0 Å². The van der Waals surface area contributed by atoms with Crippen LogP contribution < -0.4 is 0 Å². The predicted molar refractivity (Wildman–Crippen MR) is 71.5 cm³/mol. The van der Waals surface area contributed by atoms with E-state index in [1.807, 2.05) is 0 Å². The molecule has 1 aromatic heterocycles. The van der Waals surface area contributed by atoms with Crippen LogP contribution in [0.3, 0.4) is 0 Å². The van der Waals surface area contributed by atoms with Crippen molar-refractivity contribution in [1.82, 2.24) is 9.88 Å². The first-order chi connectivity index (χ1) is 9.16. The van der Waals surface area contributed by atoms with Crippen molar-refractivity contribution in [1.29, 1.82) is 0 Å². The van der Waals surface area contributed by atoms with Crippen molar-refractivity contribution < 1.29 is 9.59 Å². The Kier molecular flexibility index (Phi) is 2.93. The Hall–Kier alpha value is -1.97. The number of pyridine rings is 1. The number of nitrogens with zero attached hydrogens (tertiary/aromatic N) is 2. The lowest BCUT2D eigenvalue weighted by molar-refractivity contribution is -0.111. The van der Waals surface area contributed by atoms with Crippen molar-refractivity contribution in [2.45, 2.75) is 19.8 Å². The molecule has 0 amide bonds. The van der Waals surface area contributed by atoms with E-state index in [0.29, 0.717) is 11.3 Å². The molecule has 2 aliphatic rings. The number of hydrogen-bond acceptors (Lipinski definition) is 4. The number of carbonyl (C=O) groups excluding carboxylic acids is 2. The highest BCUT2D eigenvalue weighted by atomic mass is 16.2. The smallest absolute Gasteiger partial charge is 0.235 e. The molecule has 0 radical (unpaired) electrons. The molecule has 4 heteroatoms. The Morgan fingerprint density at radius 1 is 1.26 bits per heavy atom. The molecule has 1 aromatic rings. The Morgan fingerprint density at radius 3 is 2.74 bits per heavy atom. The fourth-order valence-corrected chi connectivity index (χ4v) is 2.67. The number of hydrogen-bond donors (Lipinski definition) is 0. The molecule has 1 aliphatic carbocycles. The van der Waals surface area contributed by atoms with Crippen LogP contribution in [0.1, 0.15) is 35.8 Å². The Balaban J connectivity index is 1.99. The molecule has 3 rings (SSSR count). The number of likely N-dealkylation sites (tertiary alicyclic amines) is 1. The highest BCUT2D eigenvalue weighted by molar-refractivity contribution is 6.50. The average Bonchev–Trinajstić information content (AvgIpc) is 2.44. The number of Topliss-reactive ketones (excluding diaryl/α,β-unsaturated/α-hetero) is 1. The van der Waals surface area contributed by atoms with Gasteiger partial charge in [-0.25, -0.2) is 0 Å². The first-order valence-electron chi connectivity index (χ1n) is 6.67. The molecule has 0 aromatic carbocycles. The van der Waals surface area contributed by atoms with E-state index in [0.717, 1.165) is 37.5 Å². The van der Waals surface area contributed by atoms with E-state index in [9.17, 15) is 9.59 Å². The minimum Gasteiger partial charge on any atom is -0.370 e.